The summed E-state index contributed by atoms with van der Waals surface area (Å²) in [5.74, 6) is -3.92. The molecule has 0 atom stereocenters. The third kappa shape index (κ3) is 2.90. The van der Waals surface area contributed by atoms with Crippen LogP contribution < -0.4 is 10.1 Å². The van der Waals surface area contributed by atoms with Crippen LogP contribution in [0, 0.1) is 0 Å². The Morgan fingerprint density at radius 2 is 1.94 bits per heavy atom. The van der Waals surface area contributed by atoms with Crippen molar-refractivity contribution in [3.8, 4) is 5.75 Å². The van der Waals surface area contributed by atoms with Crippen molar-refractivity contribution >= 4 is 17.6 Å². The van der Waals surface area contributed by atoms with Crippen molar-refractivity contribution in [3.05, 3.63) is 23.8 Å². The van der Waals surface area contributed by atoms with E-state index in [9.17, 15) is 22.8 Å². The van der Waals surface area contributed by atoms with E-state index in [0.29, 0.717) is 0 Å². The largest absolute Gasteiger partial charge is 0.495 e. The highest BCUT2D eigenvalue weighted by atomic mass is 19.4. The molecular weight excluding hydrogens is 255 g/mol. The third-order valence-corrected chi connectivity index (χ3v) is 1.97. The van der Waals surface area contributed by atoms with Crippen LogP contribution >= 0.6 is 0 Å². The first-order chi connectivity index (χ1) is 8.27. The number of alkyl halides is 3. The van der Waals surface area contributed by atoms with E-state index in [1.165, 1.54) is 17.4 Å². The SMILES string of the molecule is COc1cccc(C(=O)O)c1NC(=O)C(F)(F)F. The quantitative estimate of drug-likeness (QED) is 0.873. The zero-order chi connectivity index (χ0) is 13.9. The van der Waals surface area contributed by atoms with E-state index in [4.69, 9.17) is 9.84 Å². The molecule has 8 heteroatoms. The Bertz CT molecular complexity index is 485. The molecule has 0 spiro atoms. The summed E-state index contributed by atoms with van der Waals surface area (Å²) in [4.78, 5) is 21.6. The van der Waals surface area contributed by atoms with Gasteiger partial charge in [-0.3, -0.25) is 4.79 Å². The predicted octanol–water partition coefficient (Wildman–Crippen LogP) is 1.89. The first-order valence-corrected chi connectivity index (χ1v) is 4.56. The lowest BCUT2D eigenvalue weighted by Crippen LogP contribution is -2.30. The number of nitrogens with one attached hydrogen (secondary N) is 1. The number of amides is 1. The lowest BCUT2D eigenvalue weighted by Gasteiger charge is -2.13. The first-order valence-electron chi connectivity index (χ1n) is 4.56. The molecule has 0 fully saturated rings. The summed E-state index contributed by atoms with van der Waals surface area (Å²) in [6.07, 6.45) is -5.11. The molecule has 0 bridgehead atoms. The van der Waals surface area contributed by atoms with Gasteiger partial charge in [-0.15, -0.1) is 0 Å². The summed E-state index contributed by atoms with van der Waals surface area (Å²) in [6, 6.07) is 3.57. The summed E-state index contributed by atoms with van der Waals surface area (Å²) in [7, 11) is 1.14. The second-order valence-electron chi connectivity index (χ2n) is 3.14. The number of halogens is 3. The molecule has 0 aromatic heterocycles. The molecular formula is C10H8F3NO4. The van der Waals surface area contributed by atoms with Crippen LogP contribution in [-0.2, 0) is 4.79 Å². The van der Waals surface area contributed by atoms with Gasteiger partial charge in [-0.1, -0.05) is 6.07 Å². The zero-order valence-electron chi connectivity index (χ0n) is 9.04. The fourth-order valence-corrected chi connectivity index (χ4v) is 1.19. The molecule has 18 heavy (non-hydrogen) atoms. The fraction of sp³-hybridized carbons (Fsp3) is 0.200. The van der Waals surface area contributed by atoms with Gasteiger partial charge in [0.05, 0.1) is 18.4 Å². The number of ether oxygens (including phenoxy) is 1. The molecule has 0 heterocycles. The van der Waals surface area contributed by atoms with Crippen LogP contribution in [0.15, 0.2) is 18.2 Å². The van der Waals surface area contributed by atoms with Crippen LogP contribution in [0.25, 0.3) is 0 Å². The number of carbonyl (C=O) groups is 2. The van der Waals surface area contributed by atoms with Gasteiger partial charge in [0.15, 0.2) is 0 Å². The minimum absolute atomic E-state index is 0.174. The van der Waals surface area contributed by atoms with Crippen LogP contribution in [0.4, 0.5) is 18.9 Å². The number of carboxylic acids is 1. The number of hydrogen-bond acceptors (Lipinski definition) is 3. The van der Waals surface area contributed by atoms with Crippen LogP contribution in [0.1, 0.15) is 10.4 Å². The molecule has 1 aromatic carbocycles. The standard InChI is InChI=1S/C10H8F3NO4/c1-18-6-4-2-3-5(8(15)16)7(6)14-9(17)10(11,12)13/h2-4H,1H3,(H,14,17)(H,15,16). The molecule has 0 saturated carbocycles. The Morgan fingerprint density at radius 1 is 1.33 bits per heavy atom. The van der Waals surface area contributed by atoms with Gasteiger partial charge in [-0.25, -0.2) is 4.79 Å². The number of methoxy groups -OCH3 is 1. The maximum absolute atomic E-state index is 12.1. The van der Waals surface area contributed by atoms with Crippen molar-refractivity contribution in [1.82, 2.24) is 0 Å². The number of rotatable bonds is 3. The van der Waals surface area contributed by atoms with Crippen molar-refractivity contribution in [2.24, 2.45) is 0 Å². The summed E-state index contributed by atoms with van der Waals surface area (Å²) in [5.41, 5.74) is -1.03. The molecule has 5 nitrogen and oxygen atoms in total. The average Bonchev–Trinajstić information content (AvgIpc) is 2.27. The van der Waals surface area contributed by atoms with E-state index in [-0.39, 0.29) is 5.75 Å². The molecule has 0 radical (unpaired) electrons. The van der Waals surface area contributed by atoms with E-state index >= 15 is 0 Å². The van der Waals surface area contributed by atoms with Crippen molar-refractivity contribution in [1.29, 1.82) is 0 Å². The second-order valence-corrected chi connectivity index (χ2v) is 3.14. The van der Waals surface area contributed by atoms with Gasteiger partial charge in [0, 0.05) is 0 Å². The Kier molecular flexibility index (Phi) is 3.79. The lowest BCUT2D eigenvalue weighted by atomic mass is 10.1. The molecule has 98 valence electrons. The van der Waals surface area contributed by atoms with Crippen LogP contribution in [-0.4, -0.2) is 30.3 Å². The van der Waals surface area contributed by atoms with Gasteiger partial charge >= 0.3 is 18.1 Å². The smallest absolute Gasteiger partial charge is 0.471 e. The summed E-state index contributed by atoms with van der Waals surface area (Å²) in [5, 5.41) is 10.3. The van der Waals surface area contributed by atoms with Crippen molar-refractivity contribution in [2.75, 3.05) is 12.4 Å². The number of carboxylic acid groups (broad SMARTS) is 1. The fourth-order valence-electron chi connectivity index (χ4n) is 1.19. The molecule has 0 aliphatic rings. The normalized spacial score (nSPS) is 10.9. The van der Waals surface area contributed by atoms with Gasteiger partial charge in [-0.05, 0) is 12.1 Å². The van der Waals surface area contributed by atoms with Crippen molar-refractivity contribution in [3.63, 3.8) is 0 Å². The first kappa shape index (κ1) is 13.8. The minimum Gasteiger partial charge on any atom is -0.495 e. The molecule has 0 saturated heterocycles. The summed E-state index contributed by atoms with van der Waals surface area (Å²) >= 11 is 0. The number of aromatic carboxylic acids is 1. The van der Waals surface area contributed by atoms with Gasteiger partial charge in [0.1, 0.15) is 5.75 Å². The Hall–Kier alpha value is -2.25. The van der Waals surface area contributed by atoms with E-state index in [1.807, 2.05) is 0 Å². The van der Waals surface area contributed by atoms with E-state index < -0.39 is 29.3 Å². The monoisotopic (exact) mass is 263 g/mol. The van der Waals surface area contributed by atoms with Gasteiger partial charge in [0.25, 0.3) is 0 Å². The van der Waals surface area contributed by atoms with Crippen LogP contribution in [0.5, 0.6) is 5.75 Å². The summed E-state index contributed by atoms with van der Waals surface area (Å²) in [6.45, 7) is 0. The predicted molar refractivity (Wildman–Crippen MR) is 54.6 cm³/mol. The van der Waals surface area contributed by atoms with E-state index in [0.717, 1.165) is 13.2 Å². The highest BCUT2D eigenvalue weighted by molar-refractivity contribution is 6.03. The average molecular weight is 263 g/mol. The summed E-state index contributed by atoms with van der Waals surface area (Å²) < 4.78 is 41.0. The van der Waals surface area contributed by atoms with Gasteiger partial charge in [0.2, 0.25) is 0 Å². The van der Waals surface area contributed by atoms with Crippen molar-refractivity contribution < 1.29 is 32.6 Å². The molecule has 0 aliphatic heterocycles. The zero-order valence-corrected chi connectivity index (χ0v) is 9.04. The number of para-hydroxylation sites is 1. The number of anilines is 1. The molecule has 1 amide bonds. The molecule has 0 unspecified atom stereocenters. The minimum atomic E-state index is -5.11. The highest BCUT2D eigenvalue weighted by Crippen LogP contribution is 2.30. The Labute approximate surface area is 99.2 Å². The molecule has 1 aromatic rings. The maximum Gasteiger partial charge on any atom is 0.471 e. The van der Waals surface area contributed by atoms with Gasteiger partial charge < -0.3 is 15.2 Å². The second kappa shape index (κ2) is 4.94. The third-order valence-electron chi connectivity index (χ3n) is 1.97. The maximum atomic E-state index is 12.1. The van der Waals surface area contributed by atoms with Gasteiger partial charge in [-0.2, -0.15) is 13.2 Å². The number of benzene rings is 1. The number of hydrogen-bond donors (Lipinski definition) is 2. The van der Waals surface area contributed by atoms with E-state index in [2.05, 4.69) is 0 Å². The Morgan fingerprint density at radius 3 is 2.39 bits per heavy atom. The van der Waals surface area contributed by atoms with E-state index in [1.54, 1.807) is 0 Å². The lowest BCUT2D eigenvalue weighted by molar-refractivity contribution is -0.167. The topological polar surface area (TPSA) is 75.6 Å². The Balaban J connectivity index is 3.21. The van der Waals surface area contributed by atoms with Crippen LogP contribution in [0.2, 0.25) is 0 Å². The molecule has 2 N–H and O–H groups in total. The molecule has 1 rings (SSSR count). The van der Waals surface area contributed by atoms with Crippen LogP contribution in [0.3, 0.4) is 0 Å². The molecule has 0 aliphatic carbocycles. The van der Waals surface area contributed by atoms with Crippen molar-refractivity contribution in [2.45, 2.75) is 6.18 Å². The number of carbonyl (C=O) groups excluding carboxylic acids is 1. The highest BCUT2D eigenvalue weighted by Gasteiger charge is 2.39.